The molecule has 3 aromatic carbocycles. The molecule has 0 atom stereocenters. The molecule has 2 N–H and O–H groups in total. The van der Waals surface area contributed by atoms with Crippen LogP contribution in [0.2, 0.25) is 0 Å². The number of thioether (sulfide) groups is 1. The number of hydrogen-bond acceptors (Lipinski definition) is 5. The molecule has 4 aromatic rings. The number of rotatable bonds is 9. The van der Waals surface area contributed by atoms with Gasteiger partial charge in [-0.3, -0.25) is 19.7 Å². The third-order valence-electron chi connectivity index (χ3n) is 5.97. The first kappa shape index (κ1) is 25.0. The summed E-state index contributed by atoms with van der Waals surface area (Å²) in [7, 11) is 0. The third-order valence-corrected chi connectivity index (χ3v) is 7.01. The molecular formula is C27H26N4O4S. The molecular weight excluding hydrogens is 476 g/mol. The van der Waals surface area contributed by atoms with Gasteiger partial charge >= 0.3 is 0 Å². The molecule has 0 radical (unpaired) electrons. The van der Waals surface area contributed by atoms with Crippen LogP contribution in [-0.2, 0) is 11.3 Å². The molecule has 0 saturated carbocycles. The fourth-order valence-electron chi connectivity index (χ4n) is 3.86. The van der Waals surface area contributed by atoms with Gasteiger partial charge < -0.3 is 15.2 Å². The van der Waals surface area contributed by atoms with Crippen LogP contribution in [0.5, 0.6) is 0 Å². The van der Waals surface area contributed by atoms with Crippen LogP contribution in [0.25, 0.3) is 10.9 Å². The Morgan fingerprint density at radius 1 is 1.00 bits per heavy atom. The molecule has 0 aliphatic rings. The second-order valence-electron chi connectivity index (χ2n) is 8.35. The Bertz CT molecular complexity index is 1430. The molecule has 2 amide bonds. The maximum absolute atomic E-state index is 12.6. The summed E-state index contributed by atoms with van der Waals surface area (Å²) in [5, 5.41) is 17.7. The Kier molecular flexibility index (Phi) is 7.70. The number of fused-ring (bicyclic) bond motifs is 1. The highest BCUT2D eigenvalue weighted by molar-refractivity contribution is 8.00. The van der Waals surface area contributed by atoms with Gasteiger partial charge in [-0.25, -0.2) is 0 Å². The second-order valence-corrected chi connectivity index (χ2v) is 9.37. The fraction of sp³-hybridized carbons (Fsp3) is 0.185. The van der Waals surface area contributed by atoms with Crippen LogP contribution in [0, 0.1) is 24.0 Å². The highest BCUT2D eigenvalue weighted by Crippen LogP contribution is 2.30. The summed E-state index contributed by atoms with van der Waals surface area (Å²) in [6.07, 6.45) is 2.00. The zero-order valence-electron chi connectivity index (χ0n) is 20.0. The molecule has 1 heterocycles. The number of nitro groups is 1. The van der Waals surface area contributed by atoms with Gasteiger partial charge in [-0.15, -0.1) is 11.8 Å². The normalized spacial score (nSPS) is 10.8. The van der Waals surface area contributed by atoms with E-state index >= 15 is 0 Å². The van der Waals surface area contributed by atoms with E-state index in [2.05, 4.69) is 15.2 Å². The number of anilines is 1. The number of para-hydroxylation sites is 1. The van der Waals surface area contributed by atoms with Crippen molar-refractivity contribution in [2.24, 2.45) is 0 Å². The average Bonchev–Trinajstić information content (AvgIpc) is 3.23. The molecule has 9 heteroatoms. The number of aryl methyl sites for hydroxylation is 1. The van der Waals surface area contributed by atoms with Crippen LogP contribution < -0.4 is 10.6 Å². The van der Waals surface area contributed by atoms with Gasteiger partial charge in [-0.05, 0) is 49.2 Å². The predicted molar refractivity (Wildman–Crippen MR) is 143 cm³/mol. The van der Waals surface area contributed by atoms with Crippen molar-refractivity contribution in [1.82, 2.24) is 9.88 Å². The smallest absolute Gasteiger partial charge is 0.269 e. The summed E-state index contributed by atoms with van der Waals surface area (Å²) in [6.45, 7) is 4.93. The minimum absolute atomic E-state index is 0.0573. The van der Waals surface area contributed by atoms with Crippen LogP contribution in [0.15, 0.2) is 77.8 Å². The highest BCUT2D eigenvalue weighted by atomic mass is 32.2. The minimum Gasteiger partial charge on any atom is -0.350 e. The van der Waals surface area contributed by atoms with Gasteiger partial charge in [0.05, 0.1) is 10.7 Å². The SMILES string of the molecule is Cc1cccc(NC(=O)CSc2cn(CCNC(=O)c3ccc([N+](=O)[O-])cc3)c3ccccc23)c1C. The molecule has 0 aliphatic heterocycles. The van der Waals surface area contributed by atoms with E-state index in [1.165, 1.54) is 36.0 Å². The molecule has 4 rings (SSSR count). The first-order chi connectivity index (χ1) is 17.3. The Hall–Kier alpha value is -4.11. The summed E-state index contributed by atoms with van der Waals surface area (Å²) in [5.41, 5.74) is 4.33. The molecule has 36 heavy (non-hydrogen) atoms. The molecule has 0 spiro atoms. The maximum atomic E-state index is 12.6. The topological polar surface area (TPSA) is 106 Å². The zero-order valence-corrected chi connectivity index (χ0v) is 20.8. The van der Waals surface area contributed by atoms with Crippen molar-refractivity contribution in [1.29, 1.82) is 0 Å². The van der Waals surface area contributed by atoms with Gasteiger partial charge in [0.2, 0.25) is 5.91 Å². The summed E-state index contributed by atoms with van der Waals surface area (Å²) in [4.78, 5) is 36.3. The van der Waals surface area contributed by atoms with E-state index in [4.69, 9.17) is 0 Å². The lowest BCUT2D eigenvalue weighted by Gasteiger charge is -2.10. The van der Waals surface area contributed by atoms with Crippen molar-refractivity contribution >= 4 is 45.9 Å². The number of amides is 2. The summed E-state index contributed by atoms with van der Waals surface area (Å²) in [6, 6.07) is 19.3. The lowest BCUT2D eigenvalue weighted by Crippen LogP contribution is -2.27. The summed E-state index contributed by atoms with van der Waals surface area (Å²) < 4.78 is 2.05. The monoisotopic (exact) mass is 502 g/mol. The van der Waals surface area contributed by atoms with Gasteiger partial charge in [0.15, 0.2) is 0 Å². The Morgan fingerprint density at radius 2 is 1.75 bits per heavy atom. The number of non-ortho nitro benzene ring substituents is 1. The second kappa shape index (κ2) is 11.1. The first-order valence-electron chi connectivity index (χ1n) is 11.4. The molecule has 0 fully saturated rings. The standard InChI is InChI=1S/C27H26N4O4S/c1-18-6-5-8-23(19(18)2)29-26(32)17-36-25-16-30(24-9-4-3-7-22(24)25)15-14-28-27(33)20-10-12-21(13-11-20)31(34)35/h3-13,16H,14-15,17H2,1-2H3,(H,28,33)(H,29,32). The van der Waals surface area contributed by atoms with Crippen LogP contribution in [0.3, 0.4) is 0 Å². The van der Waals surface area contributed by atoms with E-state index in [1.807, 2.05) is 62.5 Å². The maximum Gasteiger partial charge on any atom is 0.269 e. The molecule has 184 valence electrons. The molecule has 0 aliphatic carbocycles. The quantitative estimate of drug-likeness (QED) is 0.183. The van der Waals surface area contributed by atoms with E-state index < -0.39 is 4.92 Å². The van der Waals surface area contributed by atoms with Crippen molar-refractivity contribution in [3.63, 3.8) is 0 Å². The number of nitrogens with one attached hydrogen (secondary N) is 2. The van der Waals surface area contributed by atoms with Crippen LogP contribution in [-0.4, -0.2) is 33.6 Å². The third kappa shape index (κ3) is 5.75. The Labute approximate surface area is 212 Å². The average molecular weight is 503 g/mol. The van der Waals surface area contributed by atoms with Crippen molar-refractivity contribution in [2.45, 2.75) is 25.3 Å². The van der Waals surface area contributed by atoms with E-state index in [0.717, 1.165) is 32.6 Å². The fourth-order valence-corrected chi connectivity index (χ4v) is 4.74. The predicted octanol–water partition coefficient (Wildman–Crippen LogP) is 5.33. The van der Waals surface area contributed by atoms with Crippen LogP contribution >= 0.6 is 11.8 Å². The number of hydrogen-bond donors (Lipinski definition) is 2. The van der Waals surface area contributed by atoms with Gasteiger partial charge in [0.1, 0.15) is 0 Å². The number of benzene rings is 3. The van der Waals surface area contributed by atoms with Gasteiger partial charge in [-0.2, -0.15) is 0 Å². The lowest BCUT2D eigenvalue weighted by molar-refractivity contribution is -0.384. The Balaban J connectivity index is 1.38. The molecule has 0 saturated heterocycles. The van der Waals surface area contributed by atoms with Crippen molar-refractivity contribution in [3.05, 3.63) is 99.7 Å². The number of nitrogens with zero attached hydrogens (tertiary/aromatic N) is 2. The number of carbonyl (C=O) groups is 2. The van der Waals surface area contributed by atoms with E-state index in [-0.39, 0.29) is 23.3 Å². The molecule has 1 aromatic heterocycles. The van der Waals surface area contributed by atoms with Gasteiger partial charge in [0, 0.05) is 58.5 Å². The van der Waals surface area contributed by atoms with E-state index in [9.17, 15) is 19.7 Å². The summed E-state index contributed by atoms with van der Waals surface area (Å²) in [5.74, 6) is -0.0851. The summed E-state index contributed by atoms with van der Waals surface area (Å²) >= 11 is 1.47. The van der Waals surface area contributed by atoms with E-state index in [1.54, 1.807) is 0 Å². The minimum atomic E-state index is -0.498. The van der Waals surface area contributed by atoms with Crippen molar-refractivity contribution in [2.75, 3.05) is 17.6 Å². The first-order valence-corrected chi connectivity index (χ1v) is 12.4. The Morgan fingerprint density at radius 3 is 2.50 bits per heavy atom. The van der Waals surface area contributed by atoms with Crippen LogP contribution in [0.1, 0.15) is 21.5 Å². The van der Waals surface area contributed by atoms with Gasteiger partial charge in [-0.1, -0.05) is 30.3 Å². The largest absolute Gasteiger partial charge is 0.350 e. The number of nitro benzene ring substituents is 1. The van der Waals surface area contributed by atoms with Gasteiger partial charge in [0.25, 0.3) is 11.6 Å². The van der Waals surface area contributed by atoms with E-state index in [0.29, 0.717) is 18.7 Å². The highest BCUT2D eigenvalue weighted by Gasteiger charge is 2.13. The molecule has 8 nitrogen and oxygen atoms in total. The van der Waals surface area contributed by atoms with Crippen molar-refractivity contribution in [3.8, 4) is 0 Å². The zero-order chi connectivity index (χ0) is 25.7. The number of carbonyl (C=O) groups excluding carboxylic acids is 2. The molecule has 0 bridgehead atoms. The lowest BCUT2D eigenvalue weighted by atomic mass is 10.1. The van der Waals surface area contributed by atoms with Crippen LogP contribution in [0.4, 0.5) is 11.4 Å². The number of aromatic nitrogens is 1. The molecule has 0 unspecified atom stereocenters. The van der Waals surface area contributed by atoms with Crippen molar-refractivity contribution < 1.29 is 14.5 Å².